The molecule has 1 aliphatic heterocycles. The van der Waals surface area contributed by atoms with Gasteiger partial charge in [0.15, 0.2) is 5.94 Å². The number of nitrogens with one attached hydrogen (secondary N) is 1. The number of ether oxygens (including phenoxy) is 3. The van der Waals surface area contributed by atoms with E-state index in [1.165, 1.54) is 4.90 Å². The van der Waals surface area contributed by atoms with E-state index in [9.17, 15) is 22.8 Å². The molecule has 0 aliphatic carbocycles. The molecule has 1 aromatic rings. The molecule has 1 heterocycles. The molecule has 1 N–H and O–H groups in total. The fourth-order valence-electron chi connectivity index (χ4n) is 3.56. The minimum absolute atomic E-state index is 0.0364. The van der Waals surface area contributed by atoms with Crippen LogP contribution in [0.5, 0.6) is 0 Å². The van der Waals surface area contributed by atoms with Crippen molar-refractivity contribution in [1.29, 1.82) is 0 Å². The van der Waals surface area contributed by atoms with Crippen molar-refractivity contribution >= 4 is 28.2 Å². The summed E-state index contributed by atoms with van der Waals surface area (Å²) in [5.74, 6) is 1.34. The molecule has 0 saturated carbocycles. The molecule has 1 saturated heterocycles. The van der Waals surface area contributed by atoms with Crippen LogP contribution in [0.3, 0.4) is 0 Å². The number of sulfonamides is 1. The first kappa shape index (κ1) is 28.2. The maximum atomic E-state index is 12.8. The molecule has 2 atom stereocenters. The van der Waals surface area contributed by atoms with Gasteiger partial charge in [0, 0.05) is 19.6 Å². The Morgan fingerprint density at radius 2 is 1.83 bits per heavy atom. The van der Waals surface area contributed by atoms with Gasteiger partial charge in [-0.2, -0.15) is 4.31 Å². The van der Waals surface area contributed by atoms with Gasteiger partial charge in [-0.05, 0) is 33.3 Å². The maximum Gasteiger partial charge on any atom is 0.410 e. The molecule has 0 radical (unpaired) electrons. The van der Waals surface area contributed by atoms with Gasteiger partial charge >= 0.3 is 12.2 Å². The quantitative estimate of drug-likeness (QED) is 0.414. The van der Waals surface area contributed by atoms with Crippen LogP contribution in [0.1, 0.15) is 33.3 Å². The predicted octanol–water partition coefficient (Wildman–Crippen LogP) is 1.91. The fraction of sp³-hybridized carbons (Fsp3) is 0.565. The SMILES string of the molecule is CCOC(=C=O)C(NC(=O)OC(C)(C)C)C1CN(C(=O)OCc2ccccc2)CCN1S(C)(=O)=O. The zero-order chi connectivity index (χ0) is 26.2. The first-order valence-electron chi connectivity index (χ1n) is 11.2. The minimum Gasteiger partial charge on any atom is -0.485 e. The van der Waals surface area contributed by atoms with E-state index in [-0.39, 0.29) is 38.6 Å². The zero-order valence-electron chi connectivity index (χ0n) is 20.6. The number of amides is 2. The summed E-state index contributed by atoms with van der Waals surface area (Å²) in [6.45, 7) is 6.54. The fourth-order valence-corrected chi connectivity index (χ4v) is 4.66. The number of carbonyl (C=O) groups is 2. The number of nitrogens with zero attached hydrogens (tertiary/aromatic N) is 2. The number of hydrogen-bond donors (Lipinski definition) is 1. The van der Waals surface area contributed by atoms with Crippen LogP contribution in [0.15, 0.2) is 36.1 Å². The Morgan fingerprint density at radius 1 is 1.17 bits per heavy atom. The minimum atomic E-state index is -3.79. The monoisotopic (exact) mass is 511 g/mol. The van der Waals surface area contributed by atoms with E-state index in [1.807, 2.05) is 30.3 Å². The molecule has 1 aliphatic rings. The molecule has 1 fully saturated rings. The Bertz CT molecular complexity index is 1030. The summed E-state index contributed by atoms with van der Waals surface area (Å²) >= 11 is 0. The van der Waals surface area contributed by atoms with Crippen molar-refractivity contribution in [3.05, 3.63) is 41.7 Å². The van der Waals surface area contributed by atoms with E-state index in [4.69, 9.17) is 14.2 Å². The number of benzene rings is 1. The lowest BCUT2D eigenvalue weighted by atomic mass is 10.0. The van der Waals surface area contributed by atoms with E-state index in [0.717, 1.165) is 16.1 Å². The first-order chi connectivity index (χ1) is 16.4. The number of carbonyl (C=O) groups excluding carboxylic acids is 3. The molecule has 12 heteroatoms. The second-order valence-electron chi connectivity index (χ2n) is 8.95. The lowest BCUT2D eigenvalue weighted by Crippen LogP contribution is -2.64. The Labute approximate surface area is 206 Å². The van der Waals surface area contributed by atoms with Crippen LogP contribution in [0, 0.1) is 0 Å². The molecule has 11 nitrogen and oxygen atoms in total. The Kier molecular flexibility index (Phi) is 9.70. The molecule has 0 bridgehead atoms. The van der Waals surface area contributed by atoms with Crippen molar-refractivity contribution in [2.45, 2.75) is 52.0 Å². The van der Waals surface area contributed by atoms with Gasteiger partial charge in [0.1, 0.15) is 18.2 Å². The topological polar surface area (TPSA) is 132 Å². The van der Waals surface area contributed by atoms with Gasteiger partial charge in [0.25, 0.3) is 0 Å². The number of alkyl carbamates (subject to hydrolysis) is 1. The number of hydrogen-bond acceptors (Lipinski definition) is 8. The summed E-state index contributed by atoms with van der Waals surface area (Å²) in [5.41, 5.74) is -0.0547. The molecular formula is C23H33N3O8S. The molecule has 194 valence electrons. The van der Waals surface area contributed by atoms with Crippen molar-refractivity contribution in [2.24, 2.45) is 0 Å². The highest BCUT2D eigenvalue weighted by atomic mass is 32.2. The lowest BCUT2D eigenvalue weighted by Gasteiger charge is -2.42. The van der Waals surface area contributed by atoms with E-state index in [2.05, 4.69) is 5.32 Å². The second-order valence-corrected chi connectivity index (χ2v) is 10.9. The smallest absolute Gasteiger partial charge is 0.410 e. The summed E-state index contributed by atoms with van der Waals surface area (Å²) in [5, 5.41) is 2.53. The molecule has 1 aromatic carbocycles. The van der Waals surface area contributed by atoms with E-state index in [0.29, 0.717) is 0 Å². The Balaban J connectivity index is 2.32. The molecule has 2 unspecified atom stereocenters. The highest BCUT2D eigenvalue weighted by Crippen LogP contribution is 2.22. The van der Waals surface area contributed by atoms with Crippen molar-refractivity contribution in [2.75, 3.05) is 32.5 Å². The third kappa shape index (κ3) is 8.57. The van der Waals surface area contributed by atoms with Crippen molar-refractivity contribution in [3.8, 4) is 0 Å². The third-order valence-corrected chi connectivity index (χ3v) is 6.30. The summed E-state index contributed by atoms with van der Waals surface area (Å²) in [6.07, 6.45) is -0.526. The highest BCUT2D eigenvalue weighted by Gasteiger charge is 2.43. The molecule has 2 rings (SSSR count). The number of piperazine rings is 1. The van der Waals surface area contributed by atoms with Gasteiger partial charge in [0.2, 0.25) is 15.8 Å². The maximum absolute atomic E-state index is 12.8. The van der Waals surface area contributed by atoms with Gasteiger partial charge < -0.3 is 24.4 Å². The molecular weight excluding hydrogens is 478 g/mol. The van der Waals surface area contributed by atoms with E-state index >= 15 is 0 Å². The number of rotatable bonds is 8. The summed E-state index contributed by atoms with van der Waals surface area (Å²) < 4.78 is 42.3. The predicted molar refractivity (Wildman–Crippen MR) is 128 cm³/mol. The van der Waals surface area contributed by atoms with Crippen LogP contribution in [0.4, 0.5) is 9.59 Å². The summed E-state index contributed by atoms with van der Waals surface area (Å²) in [6, 6.07) is 6.76. The van der Waals surface area contributed by atoms with Crippen LogP contribution in [0.25, 0.3) is 0 Å². The summed E-state index contributed by atoms with van der Waals surface area (Å²) in [4.78, 5) is 38.4. The van der Waals surface area contributed by atoms with Crippen molar-refractivity contribution in [1.82, 2.24) is 14.5 Å². The Morgan fingerprint density at radius 3 is 2.37 bits per heavy atom. The first-order valence-corrected chi connectivity index (χ1v) is 13.0. The van der Waals surface area contributed by atoms with E-state index < -0.39 is 39.9 Å². The normalized spacial score (nSPS) is 17.6. The van der Waals surface area contributed by atoms with Gasteiger partial charge in [-0.15, -0.1) is 0 Å². The van der Waals surface area contributed by atoms with Crippen molar-refractivity contribution < 1.29 is 37.0 Å². The largest absolute Gasteiger partial charge is 0.485 e. The van der Waals surface area contributed by atoms with Crippen LogP contribution >= 0.6 is 0 Å². The molecule has 0 spiro atoms. The van der Waals surface area contributed by atoms with Crippen LogP contribution in [-0.2, 0) is 35.6 Å². The Hall–Kier alpha value is -3.08. The molecule has 0 aromatic heterocycles. The van der Waals surface area contributed by atoms with Gasteiger partial charge in [-0.25, -0.2) is 22.8 Å². The van der Waals surface area contributed by atoms with Gasteiger partial charge in [0.05, 0.1) is 18.9 Å². The standard InChI is InChI=1S/C23H33N3O8S/c1-6-32-19(15-27)20(24-21(28)34-23(2,3)4)18-14-25(12-13-26(18)35(5,30)31)22(29)33-16-17-10-8-7-9-11-17/h7-11,18,20H,6,12-14,16H2,1-5H3,(H,24,28). The average Bonchev–Trinajstić information content (AvgIpc) is 2.78. The third-order valence-electron chi connectivity index (χ3n) is 5.00. The zero-order valence-corrected chi connectivity index (χ0v) is 21.5. The average molecular weight is 512 g/mol. The van der Waals surface area contributed by atoms with Gasteiger partial charge in [-0.1, -0.05) is 30.3 Å². The summed E-state index contributed by atoms with van der Waals surface area (Å²) in [7, 11) is -3.79. The highest BCUT2D eigenvalue weighted by molar-refractivity contribution is 7.88. The van der Waals surface area contributed by atoms with E-state index in [1.54, 1.807) is 33.6 Å². The van der Waals surface area contributed by atoms with Crippen LogP contribution in [-0.4, -0.2) is 85.9 Å². The van der Waals surface area contributed by atoms with Crippen molar-refractivity contribution in [3.63, 3.8) is 0 Å². The molecule has 35 heavy (non-hydrogen) atoms. The lowest BCUT2D eigenvalue weighted by molar-refractivity contribution is 0.0387. The van der Waals surface area contributed by atoms with Crippen LogP contribution < -0.4 is 5.32 Å². The van der Waals surface area contributed by atoms with Gasteiger partial charge in [-0.3, -0.25) is 0 Å². The molecule has 2 amide bonds. The van der Waals surface area contributed by atoms with Crippen LogP contribution in [0.2, 0.25) is 0 Å². The second kappa shape index (κ2) is 12.1.